The first-order valence-corrected chi connectivity index (χ1v) is 15.6. The molecular formula is C31H37F2N5O5S. The van der Waals surface area contributed by atoms with Crippen molar-refractivity contribution in [2.75, 3.05) is 25.9 Å². The minimum absolute atomic E-state index is 0.00707. The Bertz CT molecular complexity index is 1510. The highest BCUT2D eigenvalue weighted by Crippen LogP contribution is 2.46. The van der Waals surface area contributed by atoms with E-state index in [4.69, 9.17) is 18.9 Å². The molecule has 0 radical (unpaired) electrons. The third kappa shape index (κ3) is 6.16. The number of hydrogen-bond donors (Lipinski definition) is 0. The van der Waals surface area contributed by atoms with E-state index in [9.17, 15) is 9.18 Å². The number of anilines is 1. The highest BCUT2D eigenvalue weighted by molar-refractivity contribution is 7.18. The number of aromatic nitrogens is 3. The van der Waals surface area contributed by atoms with Gasteiger partial charge in [-0.05, 0) is 76.1 Å². The number of alkyl halides is 1. The highest BCUT2D eigenvalue weighted by atomic mass is 32.1. The molecule has 4 heterocycles. The number of hydrogen-bond acceptors (Lipinski definition) is 10. The lowest BCUT2D eigenvalue weighted by atomic mass is 9.94. The number of fused-ring (bicyclic) bond motifs is 2. The number of pyridine rings is 1. The molecular weight excluding hydrogens is 592 g/mol. The van der Waals surface area contributed by atoms with E-state index in [1.807, 2.05) is 32.9 Å². The molecule has 13 heteroatoms. The summed E-state index contributed by atoms with van der Waals surface area (Å²) in [5.41, 5.74) is 1.30. The first kappa shape index (κ1) is 30.4. The Labute approximate surface area is 259 Å². The summed E-state index contributed by atoms with van der Waals surface area (Å²) in [6.45, 7) is 5.46. The van der Waals surface area contributed by atoms with Gasteiger partial charge in [0.15, 0.2) is 11.8 Å². The lowest BCUT2D eigenvalue weighted by Gasteiger charge is -2.45. The molecule has 6 rings (SSSR count). The summed E-state index contributed by atoms with van der Waals surface area (Å²) < 4.78 is 52.3. The summed E-state index contributed by atoms with van der Waals surface area (Å²) in [4.78, 5) is 20.5. The van der Waals surface area contributed by atoms with Crippen LogP contribution in [0.1, 0.15) is 52.9 Å². The van der Waals surface area contributed by atoms with Gasteiger partial charge in [0.2, 0.25) is 17.0 Å². The first-order valence-electron chi connectivity index (χ1n) is 14.8. The minimum atomic E-state index is -1.24. The Morgan fingerprint density at radius 3 is 2.59 bits per heavy atom. The van der Waals surface area contributed by atoms with Gasteiger partial charge in [-0.15, -0.1) is 10.2 Å². The molecule has 2 aliphatic heterocycles. The molecule has 1 saturated carbocycles. The maximum atomic E-state index is 16.3. The number of rotatable bonds is 9. The third-order valence-corrected chi connectivity index (χ3v) is 9.16. The van der Waals surface area contributed by atoms with Gasteiger partial charge in [-0.25, -0.2) is 9.18 Å². The Kier molecular flexibility index (Phi) is 8.35. The van der Waals surface area contributed by atoms with E-state index in [1.54, 1.807) is 17.0 Å². The summed E-state index contributed by atoms with van der Waals surface area (Å²) >= 11 is 1.37. The molecule has 0 N–H and O–H groups in total. The predicted molar refractivity (Wildman–Crippen MR) is 161 cm³/mol. The van der Waals surface area contributed by atoms with Crippen LogP contribution in [0.2, 0.25) is 0 Å². The zero-order valence-corrected chi connectivity index (χ0v) is 26.3. The van der Waals surface area contributed by atoms with Crippen LogP contribution in [0, 0.1) is 5.95 Å². The fourth-order valence-electron chi connectivity index (χ4n) is 6.20. The lowest BCUT2D eigenvalue weighted by Crippen LogP contribution is -2.60. The normalized spacial score (nSPS) is 23.0. The molecule has 2 bridgehead atoms. The fraction of sp³-hybridized carbons (Fsp3) is 0.548. The van der Waals surface area contributed by atoms with Gasteiger partial charge in [0.05, 0.1) is 24.8 Å². The van der Waals surface area contributed by atoms with Gasteiger partial charge in [-0.1, -0.05) is 17.4 Å². The number of methoxy groups -OCH3 is 2. The maximum absolute atomic E-state index is 16.3. The molecule has 3 fully saturated rings. The molecule has 2 aromatic heterocycles. The van der Waals surface area contributed by atoms with Crippen molar-refractivity contribution in [1.82, 2.24) is 20.1 Å². The average Bonchev–Trinajstić information content (AvgIpc) is 3.58. The molecule has 4 atom stereocenters. The van der Waals surface area contributed by atoms with Crippen molar-refractivity contribution < 1.29 is 32.5 Å². The molecule has 1 amide bonds. The van der Waals surface area contributed by atoms with Gasteiger partial charge >= 0.3 is 6.09 Å². The van der Waals surface area contributed by atoms with E-state index < -0.39 is 35.9 Å². The van der Waals surface area contributed by atoms with Gasteiger partial charge in [0, 0.05) is 31.3 Å². The quantitative estimate of drug-likeness (QED) is 0.201. The molecule has 10 nitrogen and oxygen atoms in total. The van der Waals surface area contributed by atoms with Crippen LogP contribution < -0.4 is 14.4 Å². The molecule has 1 aromatic carbocycles. The summed E-state index contributed by atoms with van der Waals surface area (Å²) in [6.07, 6.45) is 2.08. The zero-order valence-electron chi connectivity index (χ0n) is 25.5. The van der Waals surface area contributed by atoms with Crippen molar-refractivity contribution >= 4 is 22.6 Å². The molecule has 0 spiro atoms. The highest BCUT2D eigenvalue weighted by Gasteiger charge is 2.54. The van der Waals surface area contributed by atoms with Crippen molar-refractivity contribution in [2.24, 2.45) is 0 Å². The van der Waals surface area contributed by atoms with Crippen LogP contribution in [-0.2, 0) is 9.47 Å². The summed E-state index contributed by atoms with van der Waals surface area (Å²) in [7, 11) is 2.96. The van der Waals surface area contributed by atoms with Crippen LogP contribution in [0.3, 0.4) is 0 Å². The van der Waals surface area contributed by atoms with Gasteiger partial charge in [0.1, 0.15) is 17.5 Å². The standard InChI is InChI=1S/C31H37F2N5O5S/c1-31(2,3)43-30(39)38-20-9-11-22(38)27(33)23(15-20)37(19-7-8-19)29-36-35-28(44-29)21-10-6-17(12-24(21)42-16-40-4)18-13-25(32)34-26(14-18)41-5/h6,10,12-14,19-20,22-23,27H,7-9,11,15-16H2,1-5H3/t20-,22+,23-,27+/m0/s1. The molecule has 0 unspecified atom stereocenters. The topological polar surface area (TPSA) is 99.1 Å². The van der Waals surface area contributed by atoms with Crippen molar-refractivity contribution in [3.05, 3.63) is 36.3 Å². The van der Waals surface area contributed by atoms with E-state index in [-0.39, 0.29) is 24.8 Å². The Balaban J connectivity index is 1.28. The van der Waals surface area contributed by atoms with Crippen molar-refractivity contribution in [3.8, 4) is 33.3 Å². The molecule has 3 aromatic rings. The van der Waals surface area contributed by atoms with Crippen molar-refractivity contribution in [2.45, 2.75) is 88.8 Å². The SMILES string of the molecule is COCOc1cc(-c2cc(F)nc(OC)c2)ccc1-c1nnc(N(C2CC2)[C@H]2C[C@@H]3CC[C@H]([C@H]2F)N3C(=O)OC(C)(C)C)s1. The minimum Gasteiger partial charge on any atom is -0.481 e. The Morgan fingerprint density at radius 2 is 1.89 bits per heavy atom. The number of nitrogens with zero attached hydrogens (tertiary/aromatic N) is 5. The van der Waals surface area contributed by atoms with Gasteiger partial charge in [-0.2, -0.15) is 9.37 Å². The van der Waals surface area contributed by atoms with E-state index in [2.05, 4.69) is 20.1 Å². The molecule has 3 aliphatic rings. The van der Waals surface area contributed by atoms with Crippen LogP contribution in [-0.4, -0.2) is 83.1 Å². The molecule has 44 heavy (non-hydrogen) atoms. The van der Waals surface area contributed by atoms with Crippen LogP contribution in [0.5, 0.6) is 11.6 Å². The van der Waals surface area contributed by atoms with Crippen molar-refractivity contribution in [3.63, 3.8) is 0 Å². The van der Waals surface area contributed by atoms with Gasteiger partial charge < -0.3 is 23.8 Å². The van der Waals surface area contributed by atoms with E-state index >= 15 is 4.39 Å². The number of amides is 1. The van der Waals surface area contributed by atoms with Crippen LogP contribution >= 0.6 is 11.3 Å². The summed E-state index contributed by atoms with van der Waals surface area (Å²) in [5.74, 6) is -0.0181. The molecule has 1 aliphatic carbocycles. The van der Waals surface area contributed by atoms with Crippen molar-refractivity contribution in [1.29, 1.82) is 0 Å². The van der Waals surface area contributed by atoms with Crippen LogP contribution in [0.25, 0.3) is 21.7 Å². The summed E-state index contributed by atoms with van der Waals surface area (Å²) in [6, 6.07) is 7.58. The number of carbonyl (C=O) groups excluding carboxylic acids is 1. The smallest absolute Gasteiger partial charge is 0.410 e. The lowest BCUT2D eigenvalue weighted by molar-refractivity contribution is -0.0108. The second-order valence-electron chi connectivity index (χ2n) is 12.4. The molecule has 236 valence electrons. The van der Waals surface area contributed by atoms with Crippen LogP contribution in [0.15, 0.2) is 30.3 Å². The second kappa shape index (κ2) is 12.1. The first-order chi connectivity index (χ1) is 21.1. The Hall–Kier alpha value is -3.58. The van der Waals surface area contributed by atoms with Gasteiger partial charge in [0.25, 0.3) is 0 Å². The number of halogens is 2. The predicted octanol–water partition coefficient (Wildman–Crippen LogP) is 6.24. The fourth-order valence-corrected chi connectivity index (χ4v) is 7.21. The molecule has 2 saturated heterocycles. The monoisotopic (exact) mass is 629 g/mol. The van der Waals surface area contributed by atoms with E-state index in [1.165, 1.54) is 31.6 Å². The van der Waals surface area contributed by atoms with Gasteiger partial charge in [-0.3, -0.25) is 4.90 Å². The largest absolute Gasteiger partial charge is 0.481 e. The average molecular weight is 630 g/mol. The zero-order chi connectivity index (χ0) is 31.2. The maximum Gasteiger partial charge on any atom is 0.410 e. The number of carbonyl (C=O) groups is 1. The van der Waals surface area contributed by atoms with Crippen LogP contribution in [0.4, 0.5) is 18.7 Å². The van der Waals surface area contributed by atoms with E-state index in [0.717, 1.165) is 19.3 Å². The number of benzene rings is 1. The Morgan fingerprint density at radius 1 is 1.09 bits per heavy atom. The number of ether oxygens (including phenoxy) is 4. The summed E-state index contributed by atoms with van der Waals surface area (Å²) in [5, 5.41) is 10.3. The second-order valence-corrected chi connectivity index (χ2v) is 13.4. The number of piperidine rings is 1. The van der Waals surface area contributed by atoms with E-state index in [0.29, 0.717) is 45.4 Å². The third-order valence-electron chi connectivity index (χ3n) is 8.19.